The quantitative estimate of drug-likeness (QED) is 0.675. The molecule has 0 aromatic heterocycles. The van der Waals surface area contributed by atoms with Crippen LogP contribution in [0.2, 0.25) is 0 Å². The molecule has 0 saturated heterocycles. The predicted octanol–water partition coefficient (Wildman–Crippen LogP) is 3.24. The Morgan fingerprint density at radius 2 is 1.74 bits per heavy atom. The summed E-state index contributed by atoms with van der Waals surface area (Å²) in [5.41, 5.74) is 4.28. The van der Waals surface area contributed by atoms with Gasteiger partial charge in [0.15, 0.2) is 0 Å². The summed E-state index contributed by atoms with van der Waals surface area (Å²) in [6.45, 7) is 3.98. The van der Waals surface area contributed by atoms with E-state index >= 15 is 0 Å². The number of carbonyl (C=O) groups is 2. The SMILES string of the molecule is Cc1ccc(C)c(-c2cccc(C(=O)C(=O)O)c2)c1. The lowest BCUT2D eigenvalue weighted by Gasteiger charge is -2.08. The van der Waals surface area contributed by atoms with Crippen molar-refractivity contribution in [2.45, 2.75) is 13.8 Å². The lowest BCUT2D eigenvalue weighted by molar-refractivity contribution is -0.131. The zero-order chi connectivity index (χ0) is 14.0. The van der Waals surface area contributed by atoms with Crippen molar-refractivity contribution < 1.29 is 14.7 Å². The van der Waals surface area contributed by atoms with Crippen molar-refractivity contribution in [2.75, 3.05) is 0 Å². The third-order valence-corrected chi connectivity index (χ3v) is 3.02. The number of carboxylic acid groups (broad SMARTS) is 1. The van der Waals surface area contributed by atoms with Gasteiger partial charge in [-0.1, -0.05) is 42.0 Å². The summed E-state index contributed by atoms with van der Waals surface area (Å²) in [6.07, 6.45) is 0. The lowest BCUT2D eigenvalue weighted by Crippen LogP contribution is -2.12. The fourth-order valence-corrected chi connectivity index (χ4v) is 2.00. The fourth-order valence-electron chi connectivity index (χ4n) is 2.00. The molecule has 3 nitrogen and oxygen atoms in total. The zero-order valence-electron chi connectivity index (χ0n) is 10.8. The Labute approximate surface area is 111 Å². The minimum absolute atomic E-state index is 0.200. The molecule has 3 heteroatoms. The van der Waals surface area contributed by atoms with Crippen LogP contribution in [0, 0.1) is 13.8 Å². The van der Waals surface area contributed by atoms with Crippen molar-refractivity contribution in [3.63, 3.8) is 0 Å². The molecular weight excluding hydrogens is 240 g/mol. The van der Waals surface area contributed by atoms with Crippen molar-refractivity contribution >= 4 is 11.8 Å². The fraction of sp³-hybridized carbons (Fsp3) is 0.125. The van der Waals surface area contributed by atoms with Crippen molar-refractivity contribution in [2.24, 2.45) is 0 Å². The van der Waals surface area contributed by atoms with Crippen LogP contribution in [0.15, 0.2) is 42.5 Å². The highest BCUT2D eigenvalue weighted by Crippen LogP contribution is 2.25. The lowest BCUT2D eigenvalue weighted by atomic mass is 9.96. The van der Waals surface area contributed by atoms with Gasteiger partial charge in [-0.25, -0.2) is 4.79 Å². The van der Waals surface area contributed by atoms with Gasteiger partial charge in [0.05, 0.1) is 0 Å². The largest absolute Gasteiger partial charge is 0.475 e. The highest BCUT2D eigenvalue weighted by molar-refractivity contribution is 6.39. The Kier molecular flexibility index (Phi) is 3.47. The van der Waals surface area contributed by atoms with Crippen LogP contribution in [-0.4, -0.2) is 16.9 Å². The van der Waals surface area contributed by atoms with E-state index in [1.807, 2.05) is 38.1 Å². The molecule has 19 heavy (non-hydrogen) atoms. The van der Waals surface area contributed by atoms with Gasteiger partial charge in [-0.05, 0) is 36.6 Å². The van der Waals surface area contributed by atoms with Gasteiger partial charge in [0.25, 0.3) is 5.78 Å². The van der Waals surface area contributed by atoms with E-state index in [1.165, 1.54) is 6.07 Å². The van der Waals surface area contributed by atoms with E-state index in [1.54, 1.807) is 12.1 Å². The Morgan fingerprint density at radius 3 is 2.42 bits per heavy atom. The number of ketones is 1. The number of rotatable bonds is 3. The van der Waals surface area contributed by atoms with Crippen molar-refractivity contribution in [1.82, 2.24) is 0 Å². The van der Waals surface area contributed by atoms with E-state index in [0.29, 0.717) is 0 Å². The van der Waals surface area contributed by atoms with Gasteiger partial charge in [-0.3, -0.25) is 4.79 Å². The summed E-state index contributed by atoms with van der Waals surface area (Å²) in [5.74, 6) is -2.31. The number of Topliss-reactive ketones (excluding diaryl/α,β-unsaturated/α-hetero) is 1. The number of benzene rings is 2. The second kappa shape index (κ2) is 5.06. The molecule has 0 fully saturated rings. The van der Waals surface area contributed by atoms with Gasteiger partial charge < -0.3 is 5.11 Å². The summed E-state index contributed by atoms with van der Waals surface area (Å²) in [4.78, 5) is 22.2. The molecule has 0 spiro atoms. The van der Waals surface area contributed by atoms with E-state index in [4.69, 9.17) is 5.11 Å². The second-order valence-electron chi connectivity index (χ2n) is 4.53. The first-order chi connectivity index (χ1) is 8.99. The van der Waals surface area contributed by atoms with E-state index in [-0.39, 0.29) is 5.56 Å². The minimum Gasteiger partial charge on any atom is -0.475 e. The third-order valence-electron chi connectivity index (χ3n) is 3.02. The van der Waals surface area contributed by atoms with Gasteiger partial charge in [0.1, 0.15) is 0 Å². The number of hydrogen-bond donors (Lipinski definition) is 1. The Balaban J connectivity index is 2.52. The highest BCUT2D eigenvalue weighted by atomic mass is 16.4. The molecule has 2 aromatic carbocycles. The van der Waals surface area contributed by atoms with Gasteiger partial charge >= 0.3 is 5.97 Å². The van der Waals surface area contributed by atoms with Crippen LogP contribution < -0.4 is 0 Å². The highest BCUT2D eigenvalue weighted by Gasteiger charge is 2.15. The van der Waals surface area contributed by atoms with E-state index < -0.39 is 11.8 Å². The number of carboxylic acids is 1. The smallest absolute Gasteiger partial charge is 0.377 e. The third kappa shape index (κ3) is 2.71. The molecule has 2 rings (SSSR count). The van der Waals surface area contributed by atoms with E-state index in [2.05, 4.69) is 0 Å². The van der Waals surface area contributed by atoms with Crippen LogP contribution in [0.25, 0.3) is 11.1 Å². The van der Waals surface area contributed by atoms with Crippen LogP contribution >= 0.6 is 0 Å². The standard InChI is InChI=1S/C16H14O3/c1-10-6-7-11(2)14(8-10)12-4-3-5-13(9-12)15(17)16(18)19/h3-9H,1-2H3,(H,18,19). The number of aryl methyl sites for hydroxylation is 2. The van der Waals surface area contributed by atoms with Crippen LogP contribution in [0.5, 0.6) is 0 Å². The average Bonchev–Trinajstić information content (AvgIpc) is 2.40. The normalized spacial score (nSPS) is 10.2. The summed E-state index contributed by atoms with van der Waals surface area (Å²) >= 11 is 0. The first-order valence-corrected chi connectivity index (χ1v) is 5.94. The summed E-state index contributed by atoms with van der Waals surface area (Å²) in [5, 5.41) is 8.75. The van der Waals surface area contributed by atoms with E-state index in [9.17, 15) is 9.59 Å². The molecule has 0 atom stereocenters. The van der Waals surface area contributed by atoms with Gasteiger partial charge in [-0.15, -0.1) is 0 Å². The number of carbonyl (C=O) groups excluding carboxylic acids is 1. The summed E-state index contributed by atoms with van der Waals surface area (Å²) < 4.78 is 0. The van der Waals surface area contributed by atoms with E-state index in [0.717, 1.165) is 22.3 Å². The predicted molar refractivity (Wildman–Crippen MR) is 73.3 cm³/mol. The number of aliphatic carboxylic acids is 1. The maximum absolute atomic E-state index is 11.5. The van der Waals surface area contributed by atoms with Crippen LogP contribution in [0.1, 0.15) is 21.5 Å². The monoisotopic (exact) mass is 254 g/mol. The van der Waals surface area contributed by atoms with Crippen LogP contribution in [-0.2, 0) is 4.79 Å². The molecule has 0 amide bonds. The molecular formula is C16H14O3. The molecule has 2 aromatic rings. The molecule has 0 unspecified atom stereocenters. The molecule has 96 valence electrons. The van der Waals surface area contributed by atoms with Crippen molar-refractivity contribution in [3.8, 4) is 11.1 Å². The molecule has 0 aliphatic heterocycles. The molecule has 0 aliphatic carbocycles. The van der Waals surface area contributed by atoms with Crippen molar-refractivity contribution in [3.05, 3.63) is 59.2 Å². The molecule has 0 saturated carbocycles. The maximum Gasteiger partial charge on any atom is 0.377 e. The summed E-state index contributed by atoms with van der Waals surface area (Å²) in [6, 6.07) is 12.8. The van der Waals surface area contributed by atoms with Gasteiger partial charge in [0, 0.05) is 5.56 Å². The van der Waals surface area contributed by atoms with Crippen molar-refractivity contribution in [1.29, 1.82) is 0 Å². The topological polar surface area (TPSA) is 54.4 Å². The van der Waals surface area contributed by atoms with Gasteiger partial charge in [0.2, 0.25) is 0 Å². The van der Waals surface area contributed by atoms with Crippen LogP contribution in [0.3, 0.4) is 0 Å². The molecule has 0 aliphatic rings. The first kappa shape index (κ1) is 13.0. The minimum atomic E-state index is -1.43. The maximum atomic E-state index is 11.5. The molecule has 1 N–H and O–H groups in total. The molecule has 0 bridgehead atoms. The van der Waals surface area contributed by atoms with Gasteiger partial charge in [-0.2, -0.15) is 0 Å². The van der Waals surface area contributed by atoms with Crippen LogP contribution in [0.4, 0.5) is 0 Å². The second-order valence-corrected chi connectivity index (χ2v) is 4.53. The summed E-state index contributed by atoms with van der Waals surface area (Å²) in [7, 11) is 0. The average molecular weight is 254 g/mol. The number of hydrogen-bond acceptors (Lipinski definition) is 2. The Hall–Kier alpha value is -2.42. The zero-order valence-corrected chi connectivity index (χ0v) is 10.8. The Bertz CT molecular complexity index is 657. The molecule has 0 heterocycles. The first-order valence-electron chi connectivity index (χ1n) is 5.94. The molecule has 0 radical (unpaired) electrons. The Morgan fingerprint density at radius 1 is 1.00 bits per heavy atom.